The maximum absolute atomic E-state index is 12.1. The molecule has 1 aromatic carbocycles. The molecule has 0 radical (unpaired) electrons. The van der Waals surface area contributed by atoms with Gasteiger partial charge in [-0.2, -0.15) is 0 Å². The molecule has 24 heavy (non-hydrogen) atoms. The normalized spacial score (nSPS) is 10.6. The fraction of sp³-hybridized carbons (Fsp3) is 0.125. The number of nitrogens with zero attached hydrogens (tertiary/aromatic N) is 4. The van der Waals surface area contributed by atoms with Gasteiger partial charge in [-0.3, -0.25) is 9.78 Å². The van der Waals surface area contributed by atoms with Crippen LogP contribution in [0, 0.1) is 0 Å². The van der Waals surface area contributed by atoms with Gasteiger partial charge in [0.2, 0.25) is 5.91 Å². The molecular weight excluding hydrogens is 390 g/mol. The fourth-order valence-corrected chi connectivity index (χ4v) is 3.17. The number of benzene rings is 1. The molecule has 0 atom stereocenters. The molecule has 2 heterocycles. The van der Waals surface area contributed by atoms with E-state index in [4.69, 9.17) is 0 Å². The molecule has 0 unspecified atom stereocenters. The monoisotopic (exact) mass is 403 g/mol. The van der Waals surface area contributed by atoms with Gasteiger partial charge in [-0.25, -0.2) is 0 Å². The summed E-state index contributed by atoms with van der Waals surface area (Å²) in [5.41, 5.74) is 1.68. The summed E-state index contributed by atoms with van der Waals surface area (Å²) in [5, 5.41) is 11.9. The summed E-state index contributed by atoms with van der Waals surface area (Å²) in [7, 11) is 1.88. The Morgan fingerprint density at radius 3 is 2.71 bits per heavy atom. The van der Waals surface area contributed by atoms with Crippen LogP contribution in [0.25, 0.3) is 11.4 Å². The second-order valence-corrected chi connectivity index (χ2v) is 6.71. The number of anilines is 1. The maximum atomic E-state index is 12.1. The lowest BCUT2D eigenvalue weighted by Gasteiger charge is -2.07. The van der Waals surface area contributed by atoms with Crippen LogP contribution in [0.3, 0.4) is 0 Å². The van der Waals surface area contributed by atoms with E-state index in [2.05, 4.69) is 36.4 Å². The van der Waals surface area contributed by atoms with E-state index in [1.807, 2.05) is 48.0 Å². The van der Waals surface area contributed by atoms with Crippen molar-refractivity contribution in [1.82, 2.24) is 19.7 Å². The van der Waals surface area contributed by atoms with Crippen molar-refractivity contribution in [3.8, 4) is 11.4 Å². The Labute approximate surface area is 151 Å². The minimum atomic E-state index is -0.0969. The molecule has 3 rings (SSSR count). The number of carbonyl (C=O) groups excluding carboxylic acids is 1. The molecule has 1 N–H and O–H groups in total. The van der Waals surface area contributed by atoms with Crippen LogP contribution in [-0.2, 0) is 11.8 Å². The van der Waals surface area contributed by atoms with E-state index in [1.165, 1.54) is 11.8 Å². The van der Waals surface area contributed by atoms with Crippen molar-refractivity contribution in [1.29, 1.82) is 0 Å². The van der Waals surface area contributed by atoms with Crippen LogP contribution in [0.4, 0.5) is 5.69 Å². The predicted molar refractivity (Wildman–Crippen MR) is 97.7 cm³/mol. The van der Waals surface area contributed by atoms with Gasteiger partial charge in [0.1, 0.15) is 0 Å². The van der Waals surface area contributed by atoms with Crippen LogP contribution < -0.4 is 5.32 Å². The average molecular weight is 404 g/mol. The molecule has 1 amide bonds. The third-order valence-corrected chi connectivity index (χ3v) is 4.97. The molecule has 0 saturated heterocycles. The lowest BCUT2D eigenvalue weighted by atomic mass is 10.2. The smallest absolute Gasteiger partial charge is 0.234 e. The van der Waals surface area contributed by atoms with E-state index in [9.17, 15) is 4.79 Å². The number of halogens is 1. The molecule has 3 aromatic rings. The summed E-state index contributed by atoms with van der Waals surface area (Å²) in [6.45, 7) is 0. The van der Waals surface area contributed by atoms with Gasteiger partial charge in [-0.05, 0) is 40.2 Å². The van der Waals surface area contributed by atoms with Crippen LogP contribution in [0.2, 0.25) is 0 Å². The first-order valence-corrected chi connectivity index (χ1v) is 8.90. The lowest BCUT2D eigenvalue weighted by molar-refractivity contribution is -0.113. The molecular formula is C16H14BrN5OS. The van der Waals surface area contributed by atoms with Gasteiger partial charge < -0.3 is 9.88 Å². The summed E-state index contributed by atoms with van der Waals surface area (Å²) in [4.78, 5) is 16.1. The number of rotatable bonds is 5. The molecule has 0 aliphatic heterocycles. The highest BCUT2D eigenvalue weighted by atomic mass is 79.9. The minimum absolute atomic E-state index is 0.0969. The van der Waals surface area contributed by atoms with Crippen LogP contribution in [-0.4, -0.2) is 31.4 Å². The van der Waals surface area contributed by atoms with E-state index < -0.39 is 0 Å². The molecule has 122 valence electrons. The van der Waals surface area contributed by atoms with Crippen LogP contribution in [0.1, 0.15) is 0 Å². The maximum Gasteiger partial charge on any atom is 0.234 e. The minimum Gasteiger partial charge on any atom is -0.324 e. The zero-order chi connectivity index (χ0) is 16.9. The van der Waals surface area contributed by atoms with Crippen LogP contribution >= 0.6 is 27.7 Å². The van der Waals surface area contributed by atoms with Gasteiger partial charge in [-0.15, -0.1) is 10.2 Å². The molecule has 8 heteroatoms. The number of thioether (sulfide) groups is 1. The van der Waals surface area contributed by atoms with E-state index in [0.29, 0.717) is 5.16 Å². The highest BCUT2D eigenvalue weighted by Crippen LogP contribution is 2.24. The molecule has 2 aromatic heterocycles. The van der Waals surface area contributed by atoms with Gasteiger partial charge in [0.25, 0.3) is 0 Å². The summed E-state index contributed by atoms with van der Waals surface area (Å²) in [6, 6.07) is 11.2. The number of para-hydroxylation sites is 1. The van der Waals surface area contributed by atoms with E-state index >= 15 is 0 Å². The first-order chi connectivity index (χ1) is 11.6. The number of amides is 1. The Morgan fingerprint density at radius 1 is 1.21 bits per heavy atom. The van der Waals surface area contributed by atoms with Crippen molar-refractivity contribution in [2.24, 2.45) is 7.05 Å². The summed E-state index contributed by atoms with van der Waals surface area (Å²) < 4.78 is 2.72. The Hall–Kier alpha value is -2.19. The summed E-state index contributed by atoms with van der Waals surface area (Å²) in [6.07, 6.45) is 3.42. The van der Waals surface area contributed by atoms with Crippen molar-refractivity contribution in [2.75, 3.05) is 11.1 Å². The highest BCUT2D eigenvalue weighted by Gasteiger charge is 2.13. The highest BCUT2D eigenvalue weighted by molar-refractivity contribution is 9.10. The molecule has 0 aliphatic rings. The predicted octanol–water partition coefficient (Wildman–Crippen LogP) is 3.37. The average Bonchev–Trinajstić information content (AvgIpc) is 2.97. The standard InChI is InChI=1S/C16H14BrN5OS/c1-22-15(11-6-8-18-9-7-11)20-21-16(22)24-10-14(23)19-13-5-3-2-4-12(13)17/h2-9H,10H2,1H3,(H,19,23). The fourth-order valence-electron chi connectivity index (χ4n) is 2.07. The Balaban J connectivity index is 1.64. The second-order valence-electron chi connectivity index (χ2n) is 4.92. The third-order valence-electron chi connectivity index (χ3n) is 3.25. The molecule has 6 nitrogen and oxygen atoms in total. The van der Waals surface area contributed by atoms with E-state index in [1.54, 1.807) is 12.4 Å². The van der Waals surface area contributed by atoms with Gasteiger partial charge in [-0.1, -0.05) is 23.9 Å². The zero-order valence-electron chi connectivity index (χ0n) is 12.8. The van der Waals surface area contributed by atoms with Crippen molar-refractivity contribution >= 4 is 39.3 Å². The number of pyridine rings is 1. The number of aromatic nitrogens is 4. The SMILES string of the molecule is Cn1c(SCC(=O)Nc2ccccc2Br)nnc1-c1ccncc1. The molecule has 0 aliphatic carbocycles. The van der Waals surface area contributed by atoms with Gasteiger partial charge in [0.15, 0.2) is 11.0 Å². The topological polar surface area (TPSA) is 72.7 Å². The Bertz CT molecular complexity index is 853. The lowest BCUT2D eigenvalue weighted by Crippen LogP contribution is -2.14. The number of hydrogen-bond donors (Lipinski definition) is 1. The first kappa shape index (κ1) is 16.7. The molecule has 0 fully saturated rings. The van der Waals surface area contributed by atoms with Crippen molar-refractivity contribution in [2.45, 2.75) is 5.16 Å². The summed E-state index contributed by atoms with van der Waals surface area (Å²) >= 11 is 4.75. The van der Waals surface area contributed by atoms with Gasteiger partial charge in [0, 0.05) is 29.5 Å². The Morgan fingerprint density at radius 2 is 1.96 bits per heavy atom. The van der Waals surface area contributed by atoms with Crippen molar-refractivity contribution in [3.05, 3.63) is 53.3 Å². The number of hydrogen-bond acceptors (Lipinski definition) is 5. The number of nitrogens with one attached hydrogen (secondary N) is 1. The van der Waals surface area contributed by atoms with Crippen LogP contribution in [0.15, 0.2) is 58.4 Å². The Kier molecular flexibility index (Phi) is 5.27. The van der Waals surface area contributed by atoms with E-state index in [-0.39, 0.29) is 11.7 Å². The third kappa shape index (κ3) is 3.82. The molecule has 0 bridgehead atoms. The number of carbonyl (C=O) groups is 1. The van der Waals surface area contributed by atoms with Crippen LogP contribution in [0.5, 0.6) is 0 Å². The summed E-state index contributed by atoms with van der Waals surface area (Å²) in [5.74, 6) is 0.899. The van der Waals surface area contributed by atoms with Gasteiger partial charge >= 0.3 is 0 Å². The van der Waals surface area contributed by atoms with Gasteiger partial charge in [0.05, 0.1) is 11.4 Å². The molecule has 0 spiro atoms. The largest absolute Gasteiger partial charge is 0.324 e. The molecule has 0 saturated carbocycles. The van der Waals surface area contributed by atoms with E-state index in [0.717, 1.165) is 21.5 Å². The first-order valence-electron chi connectivity index (χ1n) is 7.12. The quantitative estimate of drug-likeness (QED) is 0.661. The zero-order valence-corrected chi connectivity index (χ0v) is 15.2. The van der Waals surface area contributed by atoms with Crippen molar-refractivity contribution < 1.29 is 4.79 Å². The van der Waals surface area contributed by atoms with Crippen molar-refractivity contribution in [3.63, 3.8) is 0 Å². The second kappa shape index (κ2) is 7.59.